The van der Waals surface area contributed by atoms with Gasteiger partial charge in [0.15, 0.2) is 0 Å². The van der Waals surface area contributed by atoms with Crippen molar-refractivity contribution in [3.63, 3.8) is 0 Å². The molecule has 0 aliphatic carbocycles. The number of amides is 2. The van der Waals surface area contributed by atoms with Crippen molar-refractivity contribution in [2.75, 3.05) is 5.32 Å². The van der Waals surface area contributed by atoms with Crippen molar-refractivity contribution < 1.29 is 9.90 Å². The first kappa shape index (κ1) is 17.4. The first-order valence-electron chi connectivity index (χ1n) is 8.22. The molecule has 5 heteroatoms. The molecule has 130 valence electrons. The maximum absolute atomic E-state index is 12.1. The highest BCUT2D eigenvalue weighted by Crippen LogP contribution is 2.19. The van der Waals surface area contributed by atoms with Crippen LogP contribution in [0.2, 0.25) is 0 Å². The van der Waals surface area contributed by atoms with Crippen LogP contribution in [0.4, 0.5) is 10.5 Å². The molecule has 0 fully saturated rings. The summed E-state index contributed by atoms with van der Waals surface area (Å²) >= 11 is 0. The van der Waals surface area contributed by atoms with Crippen LogP contribution < -0.4 is 10.7 Å². The van der Waals surface area contributed by atoms with Gasteiger partial charge in [-0.3, -0.25) is 0 Å². The lowest BCUT2D eigenvalue weighted by Gasteiger charge is -2.15. The Labute approximate surface area is 152 Å². The van der Waals surface area contributed by atoms with Crippen LogP contribution in [-0.2, 0) is 0 Å². The fourth-order valence-electron chi connectivity index (χ4n) is 2.48. The third-order valence-electron chi connectivity index (χ3n) is 3.75. The maximum atomic E-state index is 12.1. The topological polar surface area (TPSA) is 73.7 Å². The summed E-state index contributed by atoms with van der Waals surface area (Å²) in [5.74, 6) is 0. The van der Waals surface area contributed by atoms with E-state index >= 15 is 0 Å². The smallest absolute Gasteiger partial charge is 0.339 e. The number of aliphatic hydroxyl groups is 1. The fourth-order valence-corrected chi connectivity index (χ4v) is 2.48. The van der Waals surface area contributed by atoms with Crippen molar-refractivity contribution in [2.24, 2.45) is 5.10 Å². The molecule has 26 heavy (non-hydrogen) atoms. The van der Waals surface area contributed by atoms with Gasteiger partial charge < -0.3 is 10.4 Å². The highest BCUT2D eigenvalue weighted by molar-refractivity contribution is 6.04. The number of carbonyl (C=O) groups excluding carboxylic acids is 1. The average molecular weight is 345 g/mol. The minimum absolute atomic E-state index is 0.361. The SMILES string of the molecule is O=C(NN=C(c1ccccc1)C(O)c1ccccc1)Nc1ccccc1. The zero-order chi connectivity index (χ0) is 18.2. The summed E-state index contributed by atoms with van der Waals surface area (Å²) in [4.78, 5) is 12.1. The number of rotatable bonds is 5. The molecule has 0 radical (unpaired) electrons. The van der Waals surface area contributed by atoms with Crippen LogP contribution in [0, 0.1) is 0 Å². The van der Waals surface area contributed by atoms with Crippen molar-refractivity contribution in [1.82, 2.24) is 5.43 Å². The van der Waals surface area contributed by atoms with Crippen LogP contribution in [0.1, 0.15) is 17.2 Å². The summed E-state index contributed by atoms with van der Waals surface area (Å²) in [5, 5.41) is 17.6. The van der Waals surface area contributed by atoms with Crippen LogP contribution in [-0.4, -0.2) is 16.8 Å². The molecule has 0 bridgehead atoms. The van der Waals surface area contributed by atoms with Gasteiger partial charge in [0.1, 0.15) is 11.8 Å². The van der Waals surface area contributed by atoms with E-state index in [0.29, 0.717) is 17.0 Å². The molecule has 3 aromatic carbocycles. The molecule has 0 spiro atoms. The number of nitrogens with one attached hydrogen (secondary N) is 2. The van der Waals surface area contributed by atoms with Gasteiger partial charge in [0, 0.05) is 11.3 Å². The number of carbonyl (C=O) groups is 1. The molecule has 1 atom stereocenters. The standard InChI is InChI=1S/C21H19N3O2/c25-20(17-12-6-2-7-13-17)19(16-10-4-1-5-11-16)23-24-21(26)22-18-14-8-3-9-15-18/h1-15,20,25H,(H2,22,24,26). The number of hydrogen-bond acceptors (Lipinski definition) is 3. The minimum Gasteiger partial charge on any atom is -0.382 e. The average Bonchev–Trinajstić information content (AvgIpc) is 2.70. The molecule has 1 unspecified atom stereocenters. The van der Waals surface area contributed by atoms with Gasteiger partial charge in [-0.05, 0) is 17.7 Å². The van der Waals surface area contributed by atoms with E-state index < -0.39 is 12.1 Å². The molecule has 3 rings (SSSR count). The predicted molar refractivity (Wildman–Crippen MR) is 103 cm³/mol. The van der Waals surface area contributed by atoms with Gasteiger partial charge in [0.2, 0.25) is 0 Å². The van der Waals surface area contributed by atoms with E-state index in [1.807, 2.05) is 78.9 Å². The van der Waals surface area contributed by atoms with Crippen molar-refractivity contribution in [3.05, 3.63) is 102 Å². The molecule has 0 aromatic heterocycles. The Bertz CT molecular complexity index is 866. The molecule has 5 nitrogen and oxygen atoms in total. The Hall–Kier alpha value is -3.44. The van der Waals surface area contributed by atoms with Crippen LogP contribution in [0.5, 0.6) is 0 Å². The Morgan fingerprint density at radius 2 is 1.35 bits per heavy atom. The highest BCUT2D eigenvalue weighted by atomic mass is 16.3. The number of anilines is 1. The van der Waals surface area contributed by atoms with Crippen molar-refractivity contribution in [2.45, 2.75) is 6.10 Å². The summed E-state index contributed by atoms with van der Waals surface area (Å²) in [6.45, 7) is 0. The molecule has 0 saturated heterocycles. The number of aliphatic hydroxyl groups excluding tert-OH is 1. The Balaban J connectivity index is 1.81. The maximum Gasteiger partial charge on any atom is 0.339 e. The number of urea groups is 1. The van der Waals surface area contributed by atoms with E-state index in [1.54, 1.807) is 12.1 Å². The van der Waals surface area contributed by atoms with E-state index in [2.05, 4.69) is 15.8 Å². The molecule has 3 aromatic rings. The third kappa shape index (κ3) is 4.55. The first-order valence-corrected chi connectivity index (χ1v) is 8.22. The summed E-state index contributed by atoms with van der Waals surface area (Å²) in [6, 6.07) is 27.0. The number of hydrogen-bond donors (Lipinski definition) is 3. The molecule has 2 amide bonds. The first-order chi connectivity index (χ1) is 12.7. The second kappa shape index (κ2) is 8.60. The lowest BCUT2D eigenvalue weighted by molar-refractivity contribution is 0.245. The van der Waals surface area contributed by atoms with E-state index in [9.17, 15) is 9.90 Å². The van der Waals surface area contributed by atoms with Gasteiger partial charge in [-0.1, -0.05) is 78.9 Å². The Morgan fingerprint density at radius 1 is 0.808 bits per heavy atom. The molecule has 3 N–H and O–H groups in total. The normalized spacial score (nSPS) is 12.3. The number of nitrogens with zero attached hydrogens (tertiary/aromatic N) is 1. The summed E-state index contributed by atoms with van der Waals surface area (Å²) in [6.07, 6.45) is -0.962. The quantitative estimate of drug-likeness (QED) is 0.484. The fraction of sp³-hybridized carbons (Fsp3) is 0.0476. The molecular formula is C21H19N3O2. The summed E-state index contributed by atoms with van der Waals surface area (Å²) < 4.78 is 0. The monoisotopic (exact) mass is 345 g/mol. The minimum atomic E-state index is -0.962. The van der Waals surface area contributed by atoms with E-state index in [-0.39, 0.29) is 0 Å². The van der Waals surface area contributed by atoms with Crippen molar-refractivity contribution in [3.8, 4) is 0 Å². The second-order valence-electron chi connectivity index (χ2n) is 5.61. The predicted octanol–water partition coefficient (Wildman–Crippen LogP) is 3.95. The molecular weight excluding hydrogens is 326 g/mol. The van der Waals surface area contributed by atoms with Crippen molar-refractivity contribution >= 4 is 17.4 Å². The number of benzene rings is 3. The van der Waals surface area contributed by atoms with E-state index in [0.717, 1.165) is 5.56 Å². The zero-order valence-corrected chi connectivity index (χ0v) is 14.0. The Morgan fingerprint density at radius 3 is 1.96 bits per heavy atom. The summed E-state index contributed by atoms with van der Waals surface area (Å²) in [5.41, 5.74) is 4.90. The van der Waals surface area contributed by atoms with Crippen LogP contribution >= 0.6 is 0 Å². The largest absolute Gasteiger partial charge is 0.382 e. The van der Waals surface area contributed by atoms with Gasteiger partial charge >= 0.3 is 6.03 Å². The number of hydrazone groups is 1. The van der Waals surface area contributed by atoms with E-state index in [4.69, 9.17) is 0 Å². The van der Waals surface area contributed by atoms with Gasteiger partial charge in [-0.25, -0.2) is 10.2 Å². The van der Waals surface area contributed by atoms with Gasteiger partial charge in [-0.2, -0.15) is 5.10 Å². The zero-order valence-electron chi connectivity index (χ0n) is 14.0. The molecule has 0 aliphatic rings. The van der Waals surface area contributed by atoms with Crippen LogP contribution in [0.25, 0.3) is 0 Å². The molecule has 0 saturated carbocycles. The second-order valence-corrected chi connectivity index (χ2v) is 5.61. The lowest BCUT2D eigenvalue weighted by atomic mass is 9.99. The van der Waals surface area contributed by atoms with Crippen LogP contribution in [0.15, 0.2) is 96.1 Å². The third-order valence-corrected chi connectivity index (χ3v) is 3.75. The lowest BCUT2D eigenvalue weighted by Crippen LogP contribution is -2.27. The van der Waals surface area contributed by atoms with Gasteiger partial charge in [0.05, 0.1) is 0 Å². The van der Waals surface area contributed by atoms with Crippen molar-refractivity contribution in [1.29, 1.82) is 0 Å². The van der Waals surface area contributed by atoms with E-state index in [1.165, 1.54) is 0 Å². The molecule has 0 aliphatic heterocycles. The Kier molecular flexibility index (Phi) is 5.75. The highest BCUT2D eigenvalue weighted by Gasteiger charge is 2.17. The molecule has 0 heterocycles. The summed E-state index contributed by atoms with van der Waals surface area (Å²) in [7, 11) is 0. The van der Waals surface area contributed by atoms with Crippen LogP contribution in [0.3, 0.4) is 0 Å². The van der Waals surface area contributed by atoms with Gasteiger partial charge in [-0.15, -0.1) is 0 Å². The number of para-hydroxylation sites is 1. The van der Waals surface area contributed by atoms with Gasteiger partial charge in [0.25, 0.3) is 0 Å².